The Morgan fingerprint density at radius 2 is 1.68 bits per heavy atom. The second-order valence-corrected chi connectivity index (χ2v) is 8.00. The van der Waals surface area contributed by atoms with Crippen molar-refractivity contribution < 1.29 is 27.9 Å². The third kappa shape index (κ3) is 4.74. The number of piperidine rings is 1. The Kier molecular flexibility index (Phi) is 6.40. The molecule has 1 aliphatic heterocycles. The van der Waals surface area contributed by atoms with Crippen molar-refractivity contribution in [1.82, 2.24) is 4.90 Å². The fraction of sp³-hybridized carbons (Fsp3) is 0.391. The molecule has 0 unspecified atom stereocenters. The monoisotopic (exact) mass is 434 g/mol. The molecule has 2 N–H and O–H groups in total. The third-order valence-electron chi connectivity index (χ3n) is 5.59. The summed E-state index contributed by atoms with van der Waals surface area (Å²) in [5.74, 6) is -6.21. The van der Waals surface area contributed by atoms with E-state index in [0.717, 1.165) is 11.0 Å². The first-order valence-corrected chi connectivity index (χ1v) is 10.0. The van der Waals surface area contributed by atoms with Crippen LogP contribution in [0.3, 0.4) is 0 Å². The van der Waals surface area contributed by atoms with Crippen molar-refractivity contribution in [3.63, 3.8) is 0 Å². The molecule has 0 aliphatic carbocycles. The van der Waals surface area contributed by atoms with Crippen molar-refractivity contribution in [2.75, 3.05) is 18.4 Å². The number of anilines is 1. The van der Waals surface area contributed by atoms with Gasteiger partial charge in [-0.1, -0.05) is 6.07 Å². The molecule has 2 aromatic rings. The van der Waals surface area contributed by atoms with Gasteiger partial charge >= 0.3 is 5.92 Å². The van der Waals surface area contributed by atoms with Crippen molar-refractivity contribution >= 4 is 17.5 Å². The maximum Gasteiger partial charge on any atom is 0.350 e. The van der Waals surface area contributed by atoms with Crippen LogP contribution in [0.2, 0.25) is 0 Å². The Morgan fingerprint density at radius 1 is 1.03 bits per heavy atom. The first-order chi connectivity index (χ1) is 14.5. The van der Waals surface area contributed by atoms with Crippen LogP contribution in [0.15, 0.2) is 30.3 Å². The number of carbonyl (C=O) groups excluding carboxylic acids is 2. The van der Waals surface area contributed by atoms with E-state index in [2.05, 4.69) is 5.32 Å². The number of halogens is 3. The molecule has 1 heterocycles. The fourth-order valence-corrected chi connectivity index (χ4v) is 3.74. The lowest BCUT2D eigenvalue weighted by Crippen LogP contribution is -2.47. The highest BCUT2D eigenvalue weighted by molar-refractivity contribution is 6.05. The quantitative estimate of drug-likeness (QED) is 0.762. The molecule has 1 fully saturated rings. The number of nitrogens with zero attached hydrogens (tertiary/aromatic N) is 1. The smallest absolute Gasteiger partial charge is 0.350 e. The Hall–Kier alpha value is -2.87. The molecule has 0 saturated carbocycles. The zero-order chi connectivity index (χ0) is 22.9. The number of hydrogen-bond acceptors (Lipinski definition) is 3. The first-order valence-electron chi connectivity index (χ1n) is 10.0. The molecule has 0 radical (unpaired) electrons. The zero-order valence-corrected chi connectivity index (χ0v) is 17.6. The highest BCUT2D eigenvalue weighted by Crippen LogP contribution is 2.35. The lowest BCUT2D eigenvalue weighted by Gasteiger charge is -2.32. The summed E-state index contributed by atoms with van der Waals surface area (Å²) in [4.78, 5) is 26.4. The number of benzene rings is 2. The van der Waals surface area contributed by atoms with E-state index in [1.807, 2.05) is 0 Å². The van der Waals surface area contributed by atoms with Crippen molar-refractivity contribution in [2.24, 2.45) is 0 Å². The van der Waals surface area contributed by atoms with E-state index in [4.69, 9.17) is 0 Å². The lowest BCUT2D eigenvalue weighted by atomic mass is 9.94. The maximum absolute atomic E-state index is 15.2. The highest BCUT2D eigenvalue weighted by Gasteiger charge is 2.46. The van der Waals surface area contributed by atoms with Crippen LogP contribution in [0.4, 0.5) is 18.9 Å². The van der Waals surface area contributed by atoms with Crippen molar-refractivity contribution in [1.29, 1.82) is 0 Å². The summed E-state index contributed by atoms with van der Waals surface area (Å²) in [7, 11) is 0. The number of amides is 2. The number of alkyl halides is 2. The summed E-state index contributed by atoms with van der Waals surface area (Å²) in [5, 5.41) is 12.2. The number of carbonyl (C=O) groups is 2. The topological polar surface area (TPSA) is 69.6 Å². The van der Waals surface area contributed by atoms with Gasteiger partial charge in [0.25, 0.3) is 11.8 Å². The summed E-state index contributed by atoms with van der Waals surface area (Å²) in [6.07, 6.45) is -0.0945. The Balaban J connectivity index is 1.89. The average Bonchev–Trinajstić information content (AvgIpc) is 2.70. The van der Waals surface area contributed by atoms with E-state index in [0.29, 0.717) is 16.8 Å². The molecule has 5 nitrogen and oxygen atoms in total. The molecule has 0 bridgehead atoms. The third-order valence-corrected chi connectivity index (χ3v) is 5.59. The molecule has 1 aliphatic rings. The number of rotatable bonds is 4. The SMILES string of the molecule is Cc1cc(NC(=O)c2cc(C(F)(F)C(=O)N3CCC(O)CC3)c(C)cc2C)ccc1F. The number of aryl methyl sites for hydroxylation is 3. The van der Waals surface area contributed by atoms with Gasteiger partial charge in [0.05, 0.1) is 6.10 Å². The number of nitrogens with one attached hydrogen (secondary N) is 1. The Morgan fingerprint density at radius 3 is 2.29 bits per heavy atom. The largest absolute Gasteiger partial charge is 0.393 e. The van der Waals surface area contributed by atoms with Gasteiger partial charge in [0, 0.05) is 29.9 Å². The minimum Gasteiger partial charge on any atom is -0.393 e. The lowest BCUT2D eigenvalue weighted by molar-refractivity contribution is -0.161. The predicted octanol–water partition coefficient (Wildman–Crippen LogP) is 4.08. The van der Waals surface area contributed by atoms with Crippen LogP contribution in [0, 0.1) is 26.6 Å². The molecular weight excluding hydrogens is 409 g/mol. The second-order valence-electron chi connectivity index (χ2n) is 8.00. The summed E-state index contributed by atoms with van der Waals surface area (Å²) in [5.41, 5.74) is 0.811. The number of aliphatic hydroxyl groups is 1. The molecule has 2 amide bonds. The van der Waals surface area contributed by atoms with Crippen LogP contribution in [0.25, 0.3) is 0 Å². The van der Waals surface area contributed by atoms with Gasteiger partial charge < -0.3 is 15.3 Å². The molecule has 0 atom stereocenters. The molecule has 0 aromatic heterocycles. The van der Waals surface area contributed by atoms with E-state index >= 15 is 8.78 Å². The van der Waals surface area contributed by atoms with Gasteiger partial charge in [0.1, 0.15) is 5.82 Å². The zero-order valence-electron chi connectivity index (χ0n) is 17.6. The maximum atomic E-state index is 15.2. The summed E-state index contributed by atoms with van der Waals surface area (Å²) < 4.78 is 43.8. The van der Waals surface area contributed by atoms with Gasteiger partial charge in [-0.15, -0.1) is 0 Å². The van der Waals surface area contributed by atoms with Crippen LogP contribution >= 0.6 is 0 Å². The van der Waals surface area contributed by atoms with E-state index in [1.165, 1.54) is 31.2 Å². The Bertz CT molecular complexity index is 1020. The van der Waals surface area contributed by atoms with Gasteiger partial charge in [0.2, 0.25) is 0 Å². The predicted molar refractivity (Wildman–Crippen MR) is 111 cm³/mol. The second kappa shape index (κ2) is 8.70. The van der Waals surface area contributed by atoms with Crippen molar-refractivity contribution in [3.8, 4) is 0 Å². The van der Waals surface area contributed by atoms with Gasteiger partial charge in [0.15, 0.2) is 0 Å². The van der Waals surface area contributed by atoms with Gasteiger partial charge in [-0.05, 0) is 74.6 Å². The van der Waals surface area contributed by atoms with Crippen molar-refractivity contribution in [2.45, 2.75) is 45.6 Å². The molecule has 2 aromatic carbocycles. The van der Waals surface area contributed by atoms with Crippen LogP contribution in [-0.4, -0.2) is 41.0 Å². The molecule has 31 heavy (non-hydrogen) atoms. The molecule has 8 heteroatoms. The number of likely N-dealkylation sites (tertiary alicyclic amines) is 1. The molecular formula is C23H25F3N2O3. The van der Waals surface area contributed by atoms with Gasteiger partial charge in [-0.25, -0.2) is 4.39 Å². The molecule has 1 saturated heterocycles. The highest BCUT2D eigenvalue weighted by atomic mass is 19.3. The van der Waals surface area contributed by atoms with Crippen molar-refractivity contribution in [3.05, 3.63) is 64.0 Å². The number of aliphatic hydroxyl groups excluding tert-OH is 1. The van der Waals surface area contributed by atoms with Crippen LogP contribution in [-0.2, 0) is 10.7 Å². The molecule has 166 valence electrons. The van der Waals surface area contributed by atoms with E-state index in [-0.39, 0.29) is 37.1 Å². The van der Waals surface area contributed by atoms with Crippen LogP contribution in [0.1, 0.15) is 45.5 Å². The van der Waals surface area contributed by atoms with Gasteiger partial charge in [-0.2, -0.15) is 8.78 Å². The summed E-state index contributed by atoms with van der Waals surface area (Å²) in [6.45, 7) is 4.74. The fourth-order valence-electron chi connectivity index (χ4n) is 3.74. The van der Waals surface area contributed by atoms with Crippen LogP contribution < -0.4 is 5.32 Å². The number of hydrogen-bond donors (Lipinski definition) is 2. The average molecular weight is 434 g/mol. The molecule has 3 rings (SSSR count). The van der Waals surface area contributed by atoms with E-state index in [1.54, 1.807) is 13.8 Å². The Labute approximate surface area is 178 Å². The minimum atomic E-state index is -3.82. The van der Waals surface area contributed by atoms with E-state index < -0.39 is 35.2 Å². The normalized spacial score (nSPS) is 15.1. The minimum absolute atomic E-state index is 0.00381. The van der Waals surface area contributed by atoms with E-state index in [9.17, 15) is 19.1 Å². The summed E-state index contributed by atoms with van der Waals surface area (Å²) in [6, 6.07) is 6.53. The standard InChI is InChI=1S/C23H25F3N2O3/c1-13-10-14(2)19(23(25,26)22(31)28-8-6-17(29)7-9-28)12-18(13)21(30)27-16-4-5-20(24)15(3)11-16/h4-5,10-12,17,29H,6-9H2,1-3H3,(H,27,30). The molecule has 0 spiro atoms. The van der Waals surface area contributed by atoms with Gasteiger partial charge in [-0.3, -0.25) is 9.59 Å². The summed E-state index contributed by atoms with van der Waals surface area (Å²) >= 11 is 0. The first kappa shape index (κ1) is 22.8. The van der Waals surface area contributed by atoms with Crippen LogP contribution in [0.5, 0.6) is 0 Å².